The number of hydrogen-bond acceptors (Lipinski definition) is 8. The fourth-order valence-corrected chi connectivity index (χ4v) is 6.27. The quantitative estimate of drug-likeness (QED) is 0.0867. The fourth-order valence-electron chi connectivity index (χ4n) is 3.81. The van der Waals surface area contributed by atoms with Crippen molar-refractivity contribution < 1.29 is 14.7 Å². The lowest BCUT2D eigenvalue weighted by molar-refractivity contribution is -0.132. The van der Waals surface area contributed by atoms with E-state index in [1.54, 1.807) is 30.3 Å². The second-order valence-electron chi connectivity index (χ2n) is 7.81. The maximum Gasteiger partial charge on any atom is 0.301 e. The van der Waals surface area contributed by atoms with Gasteiger partial charge in [0.05, 0.1) is 21.7 Å². The van der Waals surface area contributed by atoms with E-state index in [-0.39, 0.29) is 21.5 Å². The Morgan fingerprint density at radius 2 is 1.73 bits per heavy atom. The third-order valence-electron chi connectivity index (χ3n) is 5.57. The highest BCUT2D eigenvalue weighted by molar-refractivity contribution is 8.00. The van der Waals surface area contributed by atoms with E-state index in [9.17, 15) is 14.7 Å². The van der Waals surface area contributed by atoms with E-state index < -0.39 is 17.7 Å². The number of aliphatic hydroxyl groups excluding tert-OH is 1. The summed E-state index contributed by atoms with van der Waals surface area (Å²) in [7, 11) is 0. The predicted octanol–water partition coefficient (Wildman–Crippen LogP) is 6.81. The number of carbonyl (C=O) groups excluding carboxylic acids is 2. The molecule has 4 aromatic rings. The first-order valence-electron chi connectivity index (χ1n) is 10.7. The number of benzene rings is 2. The number of Topliss-reactive ketones (excluding diaryl/α,β-unsaturated/α-hetero) is 1. The van der Waals surface area contributed by atoms with Gasteiger partial charge in [0.1, 0.15) is 5.76 Å². The van der Waals surface area contributed by atoms with Gasteiger partial charge in [0, 0.05) is 28.7 Å². The van der Waals surface area contributed by atoms with Gasteiger partial charge >= 0.3 is 5.91 Å². The van der Waals surface area contributed by atoms with Crippen molar-refractivity contribution in [3.63, 3.8) is 0 Å². The molecule has 0 radical (unpaired) electrons. The van der Waals surface area contributed by atoms with Crippen molar-refractivity contribution in [3.05, 3.63) is 104 Å². The molecule has 186 valence electrons. The molecule has 1 unspecified atom stereocenters. The van der Waals surface area contributed by atoms with Gasteiger partial charge in [-0.2, -0.15) is 0 Å². The number of amides is 1. The first-order chi connectivity index (χ1) is 17.8. The number of pyridine rings is 1. The maximum absolute atomic E-state index is 13.3. The molecule has 1 fully saturated rings. The van der Waals surface area contributed by atoms with Gasteiger partial charge in [-0.15, -0.1) is 10.2 Å². The van der Waals surface area contributed by atoms with Gasteiger partial charge in [0.15, 0.2) is 4.34 Å². The third kappa shape index (κ3) is 5.10. The molecule has 0 aliphatic carbocycles. The second kappa shape index (κ2) is 10.8. The molecule has 12 heteroatoms. The summed E-state index contributed by atoms with van der Waals surface area (Å²) in [5.41, 5.74) is 1.64. The topological polar surface area (TPSA) is 96.3 Å². The molecule has 1 N–H and O–H groups in total. The monoisotopic (exact) mass is 588 g/mol. The highest BCUT2D eigenvalue weighted by Crippen LogP contribution is 2.45. The molecule has 7 nitrogen and oxygen atoms in total. The zero-order chi connectivity index (χ0) is 26.1. The number of nitrogens with zero attached hydrogens (tertiary/aromatic N) is 4. The Bertz CT molecular complexity index is 1550. The first-order valence-corrected chi connectivity index (χ1v) is 13.6. The molecule has 37 heavy (non-hydrogen) atoms. The van der Waals surface area contributed by atoms with E-state index in [1.165, 1.54) is 29.1 Å². The van der Waals surface area contributed by atoms with Crippen LogP contribution in [-0.4, -0.2) is 32.0 Å². The number of carbonyl (C=O) groups is 2. The van der Waals surface area contributed by atoms with Gasteiger partial charge in [-0.25, -0.2) is 0 Å². The molecule has 0 spiro atoms. The van der Waals surface area contributed by atoms with Crippen LogP contribution >= 0.6 is 57.9 Å². The van der Waals surface area contributed by atoms with Crippen LogP contribution in [0.4, 0.5) is 5.13 Å². The van der Waals surface area contributed by atoms with Crippen molar-refractivity contribution in [2.45, 2.75) is 16.1 Å². The van der Waals surface area contributed by atoms with Crippen LogP contribution in [0.15, 0.2) is 76.9 Å². The van der Waals surface area contributed by atoms with Crippen molar-refractivity contribution in [1.29, 1.82) is 0 Å². The van der Waals surface area contributed by atoms with E-state index in [4.69, 9.17) is 34.8 Å². The van der Waals surface area contributed by atoms with Crippen molar-refractivity contribution in [3.8, 4) is 0 Å². The summed E-state index contributed by atoms with van der Waals surface area (Å²) in [6, 6.07) is 14.3. The zero-order valence-electron chi connectivity index (χ0n) is 18.6. The van der Waals surface area contributed by atoms with E-state index in [1.807, 2.05) is 24.3 Å². The lowest BCUT2D eigenvalue weighted by atomic mass is 9.96. The molecular weight excluding hydrogens is 575 g/mol. The van der Waals surface area contributed by atoms with Crippen LogP contribution in [0, 0.1) is 0 Å². The number of anilines is 1. The number of hydrogen-bond donors (Lipinski definition) is 1. The Morgan fingerprint density at radius 1 is 0.973 bits per heavy atom. The van der Waals surface area contributed by atoms with Gasteiger partial charge < -0.3 is 5.11 Å². The summed E-state index contributed by atoms with van der Waals surface area (Å²) in [5.74, 6) is -1.49. The fraction of sp³-hybridized carbons (Fsp3) is 0.0800. The summed E-state index contributed by atoms with van der Waals surface area (Å²) in [4.78, 5) is 31.7. The summed E-state index contributed by atoms with van der Waals surface area (Å²) in [6.45, 7) is 0. The molecule has 3 heterocycles. The van der Waals surface area contributed by atoms with Crippen molar-refractivity contribution in [1.82, 2.24) is 15.2 Å². The number of halogens is 3. The van der Waals surface area contributed by atoms with E-state index in [2.05, 4.69) is 15.2 Å². The van der Waals surface area contributed by atoms with Gasteiger partial charge in [0.25, 0.3) is 5.78 Å². The molecule has 1 aliphatic heterocycles. The van der Waals surface area contributed by atoms with E-state index >= 15 is 0 Å². The first kappa shape index (κ1) is 25.7. The molecule has 2 aromatic heterocycles. The molecule has 2 aromatic carbocycles. The largest absolute Gasteiger partial charge is 0.507 e. The Kier molecular flexibility index (Phi) is 7.50. The van der Waals surface area contributed by atoms with Crippen LogP contribution < -0.4 is 4.90 Å². The van der Waals surface area contributed by atoms with Crippen LogP contribution in [0.2, 0.25) is 15.1 Å². The number of thioether (sulfide) groups is 1. The highest BCUT2D eigenvalue weighted by atomic mass is 35.5. The lowest BCUT2D eigenvalue weighted by Crippen LogP contribution is -2.29. The van der Waals surface area contributed by atoms with Gasteiger partial charge in [0.2, 0.25) is 5.13 Å². The third-order valence-corrected chi connectivity index (χ3v) is 8.78. The molecule has 0 bridgehead atoms. The predicted molar refractivity (Wildman–Crippen MR) is 146 cm³/mol. The molecule has 1 amide bonds. The Balaban J connectivity index is 1.56. The molecule has 1 saturated heterocycles. The zero-order valence-corrected chi connectivity index (χ0v) is 22.5. The number of aromatic nitrogens is 3. The average molecular weight is 590 g/mol. The van der Waals surface area contributed by atoms with Crippen molar-refractivity contribution in [2.24, 2.45) is 0 Å². The minimum absolute atomic E-state index is 0.102. The van der Waals surface area contributed by atoms with E-state index in [0.717, 1.165) is 16.9 Å². The van der Waals surface area contributed by atoms with Crippen molar-refractivity contribution in [2.75, 3.05) is 4.90 Å². The Hall–Kier alpha value is -2.95. The molecule has 1 atom stereocenters. The molecule has 5 rings (SSSR count). The summed E-state index contributed by atoms with van der Waals surface area (Å²) in [6.07, 6.45) is 2.96. The van der Waals surface area contributed by atoms with Crippen LogP contribution in [-0.2, 0) is 15.3 Å². The lowest BCUT2D eigenvalue weighted by Gasteiger charge is -2.22. The van der Waals surface area contributed by atoms with Gasteiger partial charge in [-0.05, 0) is 41.5 Å². The van der Waals surface area contributed by atoms with Gasteiger partial charge in [-0.1, -0.05) is 82.2 Å². The molecule has 0 saturated carbocycles. The highest BCUT2D eigenvalue weighted by Gasteiger charge is 2.48. The minimum Gasteiger partial charge on any atom is -0.507 e. The van der Waals surface area contributed by atoms with Crippen LogP contribution in [0.3, 0.4) is 0 Å². The summed E-state index contributed by atoms with van der Waals surface area (Å²) < 4.78 is 0.582. The minimum atomic E-state index is -1.00. The van der Waals surface area contributed by atoms with Crippen LogP contribution in [0.5, 0.6) is 0 Å². The standard InChI is InChI=1S/C25H15Cl3N4O3S2/c26-16-4-2-1-3-15(16)12-36-25-31-30-24(37-25)32-20(14-5-6-17(27)18(28)11-14)19(22(34)23(32)35)21(33)13-7-9-29-10-8-13/h1-11,20,33H,12H2/b21-19+. The van der Waals surface area contributed by atoms with E-state index in [0.29, 0.717) is 31.3 Å². The number of rotatable bonds is 6. The van der Waals surface area contributed by atoms with Crippen LogP contribution in [0.1, 0.15) is 22.7 Å². The number of aliphatic hydroxyl groups is 1. The molecular formula is C25H15Cl3N4O3S2. The SMILES string of the molecule is O=C1C(=O)N(c2nnc(SCc3ccccc3Cl)s2)C(c2ccc(Cl)c(Cl)c2)/C1=C(\O)c1ccncc1. The average Bonchev–Trinajstić information content (AvgIpc) is 3.47. The number of ketones is 1. The normalized spacial score (nSPS) is 16.9. The van der Waals surface area contributed by atoms with Crippen LogP contribution in [0.25, 0.3) is 5.76 Å². The van der Waals surface area contributed by atoms with Gasteiger partial charge in [-0.3, -0.25) is 19.5 Å². The van der Waals surface area contributed by atoms with Crippen molar-refractivity contribution >= 4 is 80.5 Å². The maximum atomic E-state index is 13.3. The summed E-state index contributed by atoms with van der Waals surface area (Å²) >= 11 is 21.2. The second-order valence-corrected chi connectivity index (χ2v) is 11.2. The molecule has 1 aliphatic rings. The summed E-state index contributed by atoms with van der Waals surface area (Å²) in [5, 5.41) is 20.9. The Labute approximate surface area is 234 Å². The Morgan fingerprint density at radius 3 is 2.46 bits per heavy atom. The smallest absolute Gasteiger partial charge is 0.301 e.